The van der Waals surface area contributed by atoms with Crippen LogP contribution in [0.2, 0.25) is 5.02 Å². The second-order valence-corrected chi connectivity index (χ2v) is 13.5. The summed E-state index contributed by atoms with van der Waals surface area (Å²) in [4.78, 5) is 46.0. The Kier molecular flexibility index (Phi) is 10.3. The predicted molar refractivity (Wildman–Crippen MR) is 165 cm³/mol. The fourth-order valence-electron chi connectivity index (χ4n) is 7.00. The van der Waals surface area contributed by atoms with Crippen LogP contribution in [0.1, 0.15) is 57.9 Å². The van der Waals surface area contributed by atoms with E-state index in [-0.39, 0.29) is 42.1 Å². The second kappa shape index (κ2) is 13.3. The molecule has 2 bridgehead atoms. The smallest absolute Gasteiger partial charge is 0.310 e. The Morgan fingerprint density at radius 1 is 1.32 bits per heavy atom. The van der Waals surface area contributed by atoms with Crippen molar-refractivity contribution in [2.75, 3.05) is 24.7 Å². The Labute approximate surface area is 253 Å². The number of esters is 1. The molecule has 3 heterocycles. The molecule has 224 valence electrons. The zero-order chi connectivity index (χ0) is 29.9. The van der Waals surface area contributed by atoms with Crippen LogP contribution in [0.3, 0.4) is 0 Å². The molecule has 0 aliphatic carbocycles. The van der Waals surface area contributed by atoms with Gasteiger partial charge in [-0.25, -0.2) is 0 Å². The molecule has 1 N–H and O–H groups in total. The molecule has 3 fully saturated rings. The zero-order valence-electron chi connectivity index (χ0n) is 24.4. The number of aryl methyl sites for hydroxylation is 1. The number of nitrogens with zero attached hydrogens (tertiary/aromatic N) is 2. The molecular weight excluding hydrogens is 560 g/mol. The lowest BCUT2D eigenvalue weighted by Crippen LogP contribution is -2.59. The molecule has 9 heteroatoms. The molecule has 1 spiro atoms. The first-order chi connectivity index (χ1) is 19.7. The number of aliphatic hydroxyl groups is 1. The summed E-state index contributed by atoms with van der Waals surface area (Å²) in [6, 6.07) is 4.07. The number of rotatable bonds is 14. The number of anilines is 1. The van der Waals surface area contributed by atoms with E-state index < -0.39 is 28.7 Å². The van der Waals surface area contributed by atoms with Crippen LogP contribution in [0.25, 0.3) is 0 Å². The number of hydrogen-bond donors (Lipinski definition) is 1. The maximum atomic E-state index is 14.8. The van der Waals surface area contributed by atoms with Crippen molar-refractivity contribution in [2.45, 2.75) is 81.4 Å². The van der Waals surface area contributed by atoms with Crippen molar-refractivity contribution < 1.29 is 24.2 Å². The number of unbranched alkanes of at least 4 members (excludes halogenated alkanes) is 2. The number of likely N-dealkylation sites (tertiary alicyclic amines) is 1. The minimum absolute atomic E-state index is 0.0539. The highest BCUT2D eigenvalue weighted by molar-refractivity contribution is 8.02. The van der Waals surface area contributed by atoms with Crippen LogP contribution in [0.15, 0.2) is 43.5 Å². The molecule has 7 atom stereocenters. The van der Waals surface area contributed by atoms with Crippen molar-refractivity contribution >= 4 is 46.8 Å². The average Bonchev–Trinajstić information content (AvgIpc) is 3.60. The van der Waals surface area contributed by atoms with Crippen LogP contribution in [0.5, 0.6) is 0 Å². The molecule has 0 aromatic heterocycles. The van der Waals surface area contributed by atoms with Crippen LogP contribution in [-0.4, -0.2) is 69.6 Å². The van der Waals surface area contributed by atoms with E-state index in [0.717, 1.165) is 37.7 Å². The molecule has 4 rings (SSSR count). The molecular formula is C32H43ClN2O5S. The van der Waals surface area contributed by atoms with Crippen molar-refractivity contribution in [2.24, 2.45) is 17.8 Å². The number of amides is 2. The van der Waals surface area contributed by atoms with Gasteiger partial charge < -0.3 is 19.6 Å². The van der Waals surface area contributed by atoms with Gasteiger partial charge >= 0.3 is 5.97 Å². The Bertz CT molecular complexity index is 1160. The molecule has 3 aliphatic heterocycles. The quantitative estimate of drug-likeness (QED) is 0.170. The molecule has 2 unspecified atom stereocenters. The normalized spacial score (nSPS) is 27.8. The number of fused-ring (bicyclic) bond motifs is 1. The SMILES string of the molecule is C=CCCCCOC(=O)[C@@H]1[C@H]2C(=O)N([C@@H](CO)[C@@H](C)CC)C(C(=O)N(CC=C)c3c(C)cccc3Cl)C23CC[C@H]1S3. The number of aliphatic hydroxyl groups excluding tert-OH is 1. The first-order valence-corrected chi connectivity index (χ1v) is 16.0. The number of allylic oxidation sites excluding steroid dienone is 1. The third-order valence-electron chi connectivity index (χ3n) is 9.17. The lowest BCUT2D eigenvalue weighted by molar-refractivity contribution is -0.155. The molecule has 1 aromatic carbocycles. The van der Waals surface area contributed by atoms with E-state index in [1.54, 1.807) is 33.7 Å². The summed E-state index contributed by atoms with van der Waals surface area (Å²) in [7, 11) is 0. The van der Waals surface area contributed by atoms with Gasteiger partial charge in [-0.2, -0.15) is 0 Å². The van der Waals surface area contributed by atoms with Gasteiger partial charge in [0.05, 0.1) is 46.5 Å². The number of halogens is 1. The van der Waals surface area contributed by atoms with Crippen LogP contribution < -0.4 is 4.90 Å². The molecule has 41 heavy (non-hydrogen) atoms. The van der Waals surface area contributed by atoms with Crippen LogP contribution in [0, 0.1) is 24.7 Å². The number of para-hydroxylation sites is 1. The summed E-state index contributed by atoms with van der Waals surface area (Å²) in [5.74, 6) is -2.21. The minimum atomic E-state index is -0.859. The maximum absolute atomic E-state index is 14.8. The summed E-state index contributed by atoms with van der Waals surface area (Å²) < 4.78 is 4.93. The van der Waals surface area contributed by atoms with E-state index in [4.69, 9.17) is 16.3 Å². The summed E-state index contributed by atoms with van der Waals surface area (Å²) in [6.07, 6.45) is 8.04. The summed E-state index contributed by atoms with van der Waals surface area (Å²) in [6.45, 7) is 13.7. The average molecular weight is 603 g/mol. The van der Waals surface area contributed by atoms with E-state index in [9.17, 15) is 19.5 Å². The summed E-state index contributed by atoms with van der Waals surface area (Å²) in [5, 5.41) is 10.9. The minimum Gasteiger partial charge on any atom is -0.465 e. The Balaban J connectivity index is 1.76. The van der Waals surface area contributed by atoms with Crippen molar-refractivity contribution in [3.8, 4) is 0 Å². The number of thioether (sulfide) groups is 1. The summed E-state index contributed by atoms with van der Waals surface area (Å²) >= 11 is 8.25. The first-order valence-electron chi connectivity index (χ1n) is 14.7. The lowest BCUT2D eigenvalue weighted by Gasteiger charge is -2.41. The van der Waals surface area contributed by atoms with Gasteiger partial charge in [-0.1, -0.05) is 56.2 Å². The molecule has 0 radical (unpaired) electrons. The van der Waals surface area contributed by atoms with E-state index in [1.165, 1.54) is 0 Å². The number of carbonyl (C=O) groups is 3. The van der Waals surface area contributed by atoms with Gasteiger partial charge in [0.25, 0.3) is 5.91 Å². The first kappa shape index (κ1) is 31.6. The van der Waals surface area contributed by atoms with Gasteiger partial charge in [-0.15, -0.1) is 24.9 Å². The van der Waals surface area contributed by atoms with Gasteiger partial charge in [-0.05, 0) is 56.6 Å². The van der Waals surface area contributed by atoms with Gasteiger partial charge in [0, 0.05) is 11.8 Å². The number of ether oxygens (including phenoxy) is 1. The molecule has 3 aliphatic rings. The van der Waals surface area contributed by atoms with Crippen molar-refractivity contribution in [1.29, 1.82) is 0 Å². The third kappa shape index (κ3) is 5.59. The Hall–Kier alpha value is -2.29. The zero-order valence-corrected chi connectivity index (χ0v) is 26.0. The monoisotopic (exact) mass is 602 g/mol. The van der Waals surface area contributed by atoms with E-state index in [0.29, 0.717) is 23.7 Å². The number of benzene rings is 1. The molecule has 1 aromatic rings. The topological polar surface area (TPSA) is 87.1 Å². The van der Waals surface area contributed by atoms with E-state index in [2.05, 4.69) is 13.2 Å². The number of carbonyl (C=O) groups excluding carboxylic acids is 3. The summed E-state index contributed by atoms with van der Waals surface area (Å²) in [5.41, 5.74) is 1.42. The molecule has 0 saturated carbocycles. The third-order valence-corrected chi connectivity index (χ3v) is 11.4. The highest BCUT2D eigenvalue weighted by atomic mass is 35.5. The highest BCUT2D eigenvalue weighted by Gasteiger charge is 2.75. The fourth-order valence-corrected chi connectivity index (χ4v) is 9.51. The highest BCUT2D eigenvalue weighted by Crippen LogP contribution is 2.67. The standard InChI is InChI=1S/C32H43ClN2O5S/c1-6-9-10-11-18-40-31(39)25-24-15-16-32(41-24)26(25)29(37)35(23(19-36)20(4)8-3)28(32)30(38)34(17-7-2)27-21(5)13-12-14-22(27)33/h6-7,12-14,20,23-26,28,36H,1-2,8-11,15-19H2,3-5H3/t20-,23-,24+,25-,26-,28?,32?/m0/s1. The van der Waals surface area contributed by atoms with E-state index in [1.807, 2.05) is 39.0 Å². The predicted octanol–water partition coefficient (Wildman–Crippen LogP) is 5.57. The van der Waals surface area contributed by atoms with Gasteiger partial charge in [0.1, 0.15) is 6.04 Å². The molecule has 3 saturated heterocycles. The number of hydrogen-bond acceptors (Lipinski definition) is 6. The van der Waals surface area contributed by atoms with Gasteiger partial charge in [0.15, 0.2) is 0 Å². The van der Waals surface area contributed by atoms with E-state index >= 15 is 0 Å². The van der Waals surface area contributed by atoms with Crippen molar-refractivity contribution in [1.82, 2.24) is 4.90 Å². The fraction of sp³-hybridized carbons (Fsp3) is 0.594. The molecule has 7 nitrogen and oxygen atoms in total. The van der Waals surface area contributed by atoms with Gasteiger partial charge in [0.2, 0.25) is 5.91 Å². The van der Waals surface area contributed by atoms with Crippen LogP contribution in [-0.2, 0) is 19.1 Å². The Morgan fingerprint density at radius 3 is 2.71 bits per heavy atom. The van der Waals surface area contributed by atoms with Crippen LogP contribution in [0.4, 0.5) is 5.69 Å². The largest absolute Gasteiger partial charge is 0.465 e. The van der Waals surface area contributed by atoms with Crippen molar-refractivity contribution in [3.63, 3.8) is 0 Å². The van der Waals surface area contributed by atoms with Crippen molar-refractivity contribution in [3.05, 3.63) is 54.1 Å². The van der Waals surface area contributed by atoms with Gasteiger partial charge in [-0.3, -0.25) is 14.4 Å². The Morgan fingerprint density at radius 2 is 2.07 bits per heavy atom. The second-order valence-electron chi connectivity index (χ2n) is 11.5. The lowest BCUT2D eigenvalue weighted by atomic mass is 9.71. The van der Waals surface area contributed by atoms with Crippen LogP contribution >= 0.6 is 23.4 Å². The molecule has 2 amide bonds. The maximum Gasteiger partial charge on any atom is 0.310 e.